The summed E-state index contributed by atoms with van der Waals surface area (Å²) >= 11 is 0. The van der Waals surface area contributed by atoms with Crippen LogP contribution in [0.4, 0.5) is 0 Å². The van der Waals surface area contributed by atoms with Crippen LogP contribution in [-0.2, 0) is 37.5 Å². The van der Waals surface area contributed by atoms with E-state index in [1.54, 1.807) is 6.08 Å². The van der Waals surface area contributed by atoms with Gasteiger partial charge in [-0.15, -0.1) is 0 Å². The van der Waals surface area contributed by atoms with Gasteiger partial charge in [0.1, 0.15) is 19.8 Å². The lowest BCUT2D eigenvalue weighted by Crippen LogP contribution is -2.37. The molecule has 0 saturated heterocycles. The number of hydrogen-bond acceptors (Lipinski definition) is 9. The highest BCUT2D eigenvalue weighted by Crippen LogP contribution is 2.38. The van der Waals surface area contributed by atoms with Gasteiger partial charge in [0.2, 0.25) is 0 Å². The monoisotopic (exact) mass is 822 g/mol. The molecule has 0 spiro atoms. The van der Waals surface area contributed by atoms with Gasteiger partial charge in [-0.1, -0.05) is 133 Å². The highest BCUT2D eigenvalue weighted by molar-refractivity contribution is 7.45. The number of nitrogens with zero attached hydrogens (tertiary/aromatic N) is 1. The van der Waals surface area contributed by atoms with Crippen LogP contribution in [0.5, 0.6) is 0 Å². The summed E-state index contributed by atoms with van der Waals surface area (Å²) in [5.74, 6) is -1.22. The normalized spacial score (nSPS) is 14.1. The number of carbonyl (C=O) groups excluding carboxylic acids is 3. The molecule has 0 heterocycles. The molecule has 10 nitrogen and oxygen atoms in total. The molecular formula is C46H80NO9P. The molecule has 0 radical (unpaired) electrons. The van der Waals surface area contributed by atoms with Gasteiger partial charge in [-0.3, -0.25) is 18.9 Å². The van der Waals surface area contributed by atoms with Crippen LogP contribution in [0.15, 0.2) is 60.8 Å². The Morgan fingerprint density at radius 1 is 0.596 bits per heavy atom. The number of unbranched alkanes of at least 4 members (excludes halogenated alkanes) is 14. The molecule has 0 rings (SSSR count). The Hall–Kier alpha value is -2.62. The molecule has 0 fully saturated rings. The van der Waals surface area contributed by atoms with E-state index in [1.165, 1.54) is 76.7 Å². The van der Waals surface area contributed by atoms with E-state index in [-0.39, 0.29) is 44.7 Å². The van der Waals surface area contributed by atoms with Gasteiger partial charge in [0.15, 0.2) is 11.9 Å². The molecule has 0 aliphatic rings. The second-order valence-electron chi connectivity index (χ2n) is 15.7. The van der Waals surface area contributed by atoms with Gasteiger partial charge in [-0.2, -0.15) is 0 Å². The second-order valence-corrected chi connectivity index (χ2v) is 17.1. The number of ketones is 1. The summed E-state index contributed by atoms with van der Waals surface area (Å²) in [5, 5.41) is 0. The van der Waals surface area contributed by atoms with Crippen molar-refractivity contribution in [3.05, 3.63) is 60.8 Å². The third-order valence-electron chi connectivity index (χ3n) is 8.99. The first-order chi connectivity index (χ1) is 27.4. The first-order valence-electron chi connectivity index (χ1n) is 21.9. The Bertz CT molecular complexity index is 1220. The first kappa shape index (κ1) is 54.4. The van der Waals surface area contributed by atoms with E-state index in [1.807, 2.05) is 33.3 Å². The number of esters is 2. The average Bonchev–Trinajstić information content (AvgIpc) is 3.15. The quantitative estimate of drug-likeness (QED) is 0.0113. The zero-order valence-corrected chi connectivity index (χ0v) is 37.4. The van der Waals surface area contributed by atoms with Crippen molar-refractivity contribution in [3.8, 4) is 0 Å². The molecule has 0 aromatic rings. The number of phosphoric ester groups is 1. The smallest absolute Gasteiger partial charge is 0.306 e. The predicted octanol–water partition coefficient (Wildman–Crippen LogP) is 11.0. The van der Waals surface area contributed by atoms with Crippen LogP contribution < -0.4 is 4.89 Å². The molecule has 0 N–H and O–H groups in total. The van der Waals surface area contributed by atoms with Crippen LogP contribution in [0.2, 0.25) is 0 Å². The van der Waals surface area contributed by atoms with E-state index in [0.29, 0.717) is 17.4 Å². The molecule has 0 amide bonds. The zero-order chi connectivity index (χ0) is 42.3. The van der Waals surface area contributed by atoms with Crippen LogP contribution in [0.25, 0.3) is 0 Å². The lowest BCUT2D eigenvalue weighted by atomic mass is 10.1. The van der Waals surface area contributed by atoms with Gasteiger partial charge in [0.05, 0.1) is 27.7 Å². The fourth-order valence-corrected chi connectivity index (χ4v) is 6.21. The van der Waals surface area contributed by atoms with Crippen LogP contribution in [0.3, 0.4) is 0 Å². The summed E-state index contributed by atoms with van der Waals surface area (Å²) in [4.78, 5) is 49.8. The standard InChI is InChI=1S/C46H80NO9P/c1-6-8-10-12-14-16-18-20-21-23-25-27-29-31-33-37-45(49)53-41-44(42-55-57(51,52)54-40-39-47(3,4)5)56-46(50)38-34-36-43(48)35-32-30-28-26-24-22-19-17-15-13-11-9-7-2/h15-18,22,24,28,30,32,35,44H,6-14,19-21,23,25-27,29,31,33-34,36-42H2,1-5H3/b17-15-,18-16-,24-22-,30-28-,35-32+/t44-/m1/s1. The Balaban J connectivity index is 4.58. The van der Waals surface area contributed by atoms with Crippen molar-refractivity contribution in [1.82, 2.24) is 0 Å². The predicted molar refractivity (Wildman–Crippen MR) is 231 cm³/mol. The summed E-state index contributed by atoms with van der Waals surface area (Å²) in [7, 11) is 1.01. The van der Waals surface area contributed by atoms with Crippen molar-refractivity contribution in [1.29, 1.82) is 0 Å². The number of ether oxygens (including phenoxy) is 2. The second kappa shape index (κ2) is 37.6. The van der Waals surface area contributed by atoms with Crippen molar-refractivity contribution < 1.29 is 46.8 Å². The van der Waals surface area contributed by atoms with E-state index < -0.39 is 32.5 Å². The molecule has 0 aromatic carbocycles. The topological polar surface area (TPSA) is 128 Å². The van der Waals surface area contributed by atoms with Crippen molar-refractivity contribution in [2.75, 3.05) is 47.5 Å². The number of hydrogen-bond donors (Lipinski definition) is 0. The third-order valence-corrected chi connectivity index (χ3v) is 9.95. The number of allylic oxidation sites excluding steroid dienone is 10. The molecule has 0 aliphatic carbocycles. The molecule has 57 heavy (non-hydrogen) atoms. The highest BCUT2D eigenvalue weighted by atomic mass is 31.2. The number of rotatable bonds is 39. The van der Waals surface area contributed by atoms with Crippen molar-refractivity contribution >= 4 is 25.5 Å². The minimum Gasteiger partial charge on any atom is -0.756 e. The summed E-state index contributed by atoms with van der Waals surface area (Å²) in [6.45, 7) is 3.88. The largest absolute Gasteiger partial charge is 0.756 e. The van der Waals surface area contributed by atoms with Gasteiger partial charge >= 0.3 is 11.9 Å². The maximum absolute atomic E-state index is 12.6. The Kier molecular flexibility index (Phi) is 35.9. The van der Waals surface area contributed by atoms with Crippen LogP contribution >= 0.6 is 7.82 Å². The minimum absolute atomic E-state index is 0.0669. The molecular weight excluding hydrogens is 741 g/mol. The first-order valence-corrected chi connectivity index (χ1v) is 23.4. The number of quaternary nitrogens is 1. The maximum atomic E-state index is 12.6. The van der Waals surface area contributed by atoms with E-state index in [0.717, 1.165) is 44.9 Å². The Labute approximate surface area is 347 Å². The summed E-state index contributed by atoms with van der Waals surface area (Å²) in [6, 6.07) is 0. The third kappa shape index (κ3) is 41.3. The molecule has 0 bridgehead atoms. The minimum atomic E-state index is -4.69. The molecule has 11 heteroatoms. The fraction of sp³-hybridized carbons (Fsp3) is 0.717. The van der Waals surface area contributed by atoms with Crippen LogP contribution in [0, 0.1) is 0 Å². The van der Waals surface area contributed by atoms with Crippen LogP contribution in [-0.4, -0.2) is 75.8 Å². The number of likely N-dealkylation sites (N-methyl/N-ethyl adjacent to an activating group) is 1. The van der Waals surface area contributed by atoms with Gasteiger partial charge in [0.25, 0.3) is 7.82 Å². The van der Waals surface area contributed by atoms with E-state index in [2.05, 4.69) is 50.3 Å². The molecule has 1 unspecified atom stereocenters. The van der Waals surface area contributed by atoms with Gasteiger partial charge in [-0.05, 0) is 70.3 Å². The molecule has 328 valence electrons. The van der Waals surface area contributed by atoms with Crippen molar-refractivity contribution in [3.63, 3.8) is 0 Å². The van der Waals surface area contributed by atoms with E-state index >= 15 is 0 Å². The van der Waals surface area contributed by atoms with Crippen molar-refractivity contribution in [2.24, 2.45) is 0 Å². The number of phosphoric acid groups is 1. The lowest BCUT2D eigenvalue weighted by Gasteiger charge is -2.28. The molecule has 0 aliphatic heterocycles. The lowest BCUT2D eigenvalue weighted by molar-refractivity contribution is -0.870. The van der Waals surface area contributed by atoms with Crippen LogP contribution in [0.1, 0.15) is 162 Å². The highest BCUT2D eigenvalue weighted by Gasteiger charge is 2.22. The number of carbonyl (C=O) groups is 3. The SMILES string of the molecule is CCCCC/C=C\C/C=C\C/C=C\C=C\C(=O)CCCC(=O)O[C@H](COC(=O)CCCCCCCCC/C=C\CCCCCC)COP(=O)([O-])OCC[N+](C)(C)C. The fourth-order valence-electron chi connectivity index (χ4n) is 5.48. The van der Waals surface area contributed by atoms with Crippen molar-refractivity contribution in [2.45, 2.75) is 168 Å². The summed E-state index contributed by atoms with van der Waals surface area (Å²) < 4.78 is 33.6. The van der Waals surface area contributed by atoms with Gasteiger partial charge in [-0.25, -0.2) is 0 Å². The van der Waals surface area contributed by atoms with Gasteiger partial charge < -0.3 is 27.9 Å². The van der Waals surface area contributed by atoms with Gasteiger partial charge in [0, 0.05) is 19.3 Å². The zero-order valence-electron chi connectivity index (χ0n) is 36.5. The molecule has 0 saturated carbocycles. The van der Waals surface area contributed by atoms with E-state index in [4.69, 9.17) is 18.5 Å². The van der Waals surface area contributed by atoms with E-state index in [9.17, 15) is 23.8 Å². The Morgan fingerprint density at radius 3 is 1.77 bits per heavy atom. The summed E-state index contributed by atoms with van der Waals surface area (Å²) in [6.07, 6.45) is 41.1. The average molecular weight is 822 g/mol. The molecule has 0 aromatic heterocycles. The summed E-state index contributed by atoms with van der Waals surface area (Å²) in [5.41, 5.74) is 0. The molecule has 2 atom stereocenters. The Morgan fingerprint density at radius 2 is 1.12 bits per heavy atom. The maximum Gasteiger partial charge on any atom is 0.306 e.